The highest BCUT2D eigenvalue weighted by molar-refractivity contribution is 5.58. The molecule has 0 aromatic heterocycles. The largest absolute Gasteiger partial charge is 0.303 e. The minimum absolute atomic E-state index is 0. The minimum atomic E-state index is 0. The molecule has 0 fully saturated rings. The Hall–Kier alpha value is -0.660. The highest BCUT2D eigenvalue weighted by Gasteiger charge is 1.74. The van der Waals surface area contributed by atoms with Crippen molar-refractivity contribution in [2.24, 2.45) is 0 Å². The summed E-state index contributed by atoms with van der Waals surface area (Å²) >= 11 is 0. The van der Waals surface area contributed by atoms with Gasteiger partial charge in [-0.05, 0) is 0 Å². The minimum Gasteiger partial charge on any atom is -0.303 e. The quantitative estimate of drug-likeness (QED) is 0.390. The summed E-state index contributed by atoms with van der Waals surface area (Å²) < 4.78 is 0. The van der Waals surface area contributed by atoms with E-state index in [-0.39, 0.29) is 7.43 Å². The third kappa shape index (κ3) is 10.9. The number of hydrogen-bond acceptors (Lipinski definition) is 2. The topological polar surface area (TPSA) is 34.1 Å². The number of rotatable bonds is 3. The second kappa shape index (κ2) is 9.02. The van der Waals surface area contributed by atoms with Crippen LogP contribution in [0.4, 0.5) is 0 Å². The zero-order valence-electron chi connectivity index (χ0n) is 3.39. The molecule has 0 radical (unpaired) electrons. The maximum absolute atomic E-state index is 9.40. The average molecular weight is 102 g/mol. The first-order valence-electron chi connectivity index (χ1n) is 1.79. The van der Waals surface area contributed by atoms with E-state index in [1.807, 2.05) is 0 Å². The van der Waals surface area contributed by atoms with Gasteiger partial charge in [0.05, 0.1) is 0 Å². The normalized spacial score (nSPS) is 6.29. The second-order valence-electron chi connectivity index (χ2n) is 0.911. The van der Waals surface area contributed by atoms with E-state index in [4.69, 9.17) is 0 Å². The van der Waals surface area contributed by atoms with Crippen molar-refractivity contribution in [1.29, 1.82) is 0 Å². The molecule has 0 N–H and O–H groups in total. The van der Waals surface area contributed by atoms with Gasteiger partial charge in [-0.25, -0.2) is 0 Å². The van der Waals surface area contributed by atoms with Gasteiger partial charge < -0.3 is 9.59 Å². The van der Waals surface area contributed by atoms with E-state index in [1.165, 1.54) is 0 Å². The summed E-state index contributed by atoms with van der Waals surface area (Å²) in [6, 6.07) is 0. The molecular weight excluding hydrogens is 92.1 g/mol. The van der Waals surface area contributed by atoms with Crippen LogP contribution in [0.15, 0.2) is 0 Å². The van der Waals surface area contributed by atoms with Gasteiger partial charge in [0.1, 0.15) is 12.6 Å². The first-order valence-corrected chi connectivity index (χ1v) is 1.79. The smallest absolute Gasteiger partial charge is 0.120 e. The summed E-state index contributed by atoms with van der Waals surface area (Å²) in [6.45, 7) is 0. The van der Waals surface area contributed by atoms with Gasteiger partial charge in [-0.15, -0.1) is 0 Å². The molecule has 0 atom stereocenters. The lowest BCUT2D eigenvalue weighted by atomic mass is 10.4. The lowest BCUT2D eigenvalue weighted by Gasteiger charge is -1.68. The zero-order chi connectivity index (χ0) is 4.83. The predicted molar refractivity (Wildman–Crippen MR) is 28.1 cm³/mol. The van der Waals surface area contributed by atoms with Crippen molar-refractivity contribution in [3.05, 3.63) is 0 Å². The monoisotopic (exact) mass is 102 g/mol. The molecule has 7 heavy (non-hydrogen) atoms. The van der Waals surface area contributed by atoms with Crippen LogP contribution >= 0.6 is 0 Å². The Labute approximate surface area is 43.5 Å². The SMILES string of the molecule is C.O=CCCC=O. The van der Waals surface area contributed by atoms with E-state index in [0.717, 1.165) is 12.6 Å². The Morgan fingerprint density at radius 1 is 1.00 bits per heavy atom. The summed E-state index contributed by atoms with van der Waals surface area (Å²) in [7, 11) is 0. The van der Waals surface area contributed by atoms with E-state index >= 15 is 0 Å². The Balaban J connectivity index is 0. The Kier molecular flexibility index (Phi) is 12.4. The van der Waals surface area contributed by atoms with Gasteiger partial charge in [0, 0.05) is 12.8 Å². The van der Waals surface area contributed by atoms with Crippen molar-refractivity contribution in [2.75, 3.05) is 0 Å². The molecule has 0 aliphatic carbocycles. The molecule has 0 amide bonds. The number of unbranched alkanes of at least 4 members (excludes halogenated alkanes) is 1. The van der Waals surface area contributed by atoms with Crippen molar-refractivity contribution in [2.45, 2.75) is 20.3 Å². The van der Waals surface area contributed by atoms with Gasteiger partial charge in [-0.1, -0.05) is 7.43 Å². The maximum Gasteiger partial charge on any atom is 0.120 e. The van der Waals surface area contributed by atoms with Crippen molar-refractivity contribution >= 4 is 12.6 Å². The number of aldehydes is 2. The molecule has 0 aromatic carbocycles. The lowest BCUT2D eigenvalue weighted by Crippen LogP contribution is -1.73. The van der Waals surface area contributed by atoms with E-state index in [2.05, 4.69) is 0 Å². The van der Waals surface area contributed by atoms with Gasteiger partial charge >= 0.3 is 0 Å². The first kappa shape index (κ1) is 9.60. The molecule has 0 saturated heterocycles. The lowest BCUT2D eigenvalue weighted by molar-refractivity contribution is -0.112. The molecule has 0 heterocycles. The van der Waals surface area contributed by atoms with E-state index in [9.17, 15) is 9.59 Å². The standard InChI is InChI=1S/C4H6O2.CH4/c5-3-1-2-4-6;/h3-4H,1-2H2;1H4. The predicted octanol–water partition coefficient (Wildman–Crippen LogP) is 0.800. The van der Waals surface area contributed by atoms with E-state index in [1.54, 1.807) is 0 Å². The summed E-state index contributed by atoms with van der Waals surface area (Å²) in [5.74, 6) is 0. The summed E-state index contributed by atoms with van der Waals surface area (Å²) in [4.78, 5) is 18.8. The first-order chi connectivity index (χ1) is 2.91. The molecule has 0 aliphatic rings. The Morgan fingerprint density at radius 3 is 1.43 bits per heavy atom. The van der Waals surface area contributed by atoms with Crippen LogP contribution < -0.4 is 0 Å². The van der Waals surface area contributed by atoms with Crippen LogP contribution in [-0.2, 0) is 9.59 Å². The molecule has 0 aliphatic heterocycles. The molecule has 42 valence electrons. The molecular formula is C5H10O2. The summed E-state index contributed by atoms with van der Waals surface area (Å²) in [5, 5.41) is 0. The summed E-state index contributed by atoms with van der Waals surface area (Å²) in [5.41, 5.74) is 0. The molecule has 0 rings (SSSR count). The summed E-state index contributed by atoms with van der Waals surface area (Å²) in [6.07, 6.45) is 2.19. The van der Waals surface area contributed by atoms with E-state index in [0.29, 0.717) is 12.8 Å². The van der Waals surface area contributed by atoms with Gasteiger partial charge in [-0.3, -0.25) is 0 Å². The third-order valence-corrected chi connectivity index (χ3v) is 0.402. The fourth-order valence-electron chi connectivity index (χ4n) is 0.136. The van der Waals surface area contributed by atoms with Crippen molar-refractivity contribution in [1.82, 2.24) is 0 Å². The Bertz CT molecular complexity index is 42.0. The second-order valence-corrected chi connectivity index (χ2v) is 0.911. The molecule has 2 nitrogen and oxygen atoms in total. The maximum atomic E-state index is 9.40. The van der Waals surface area contributed by atoms with Crippen molar-refractivity contribution < 1.29 is 9.59 Å². The van der Waals surface area contributed by atoms with Crippen LogP contribution in [0.1, 0.15) is 20.3 Å². The number of carbonyl (C=O) groups is 2. The highest BCUT2D eigenvalue weighted by atomic mass is 16.1. The van der Waals surface area contributed by atoms with Crippen molar-refractivity contribution in [3.63, 3.8) is 0 Å². The average Bonchev–Trinajstić information content (AvgIpc) is 1.61. The number of carbonyl (C=O) groups excluding carboxylic acids is 2. The zero-order valence-corrected chi connectivity index (χ0v) is 3.39. The van der Waals surface area contributed by atoms with E-state index < -0.39 is 0 Å². The number of hydrogen-bond donors (Lipinski definition) is 0. The Morgan fingerprint density at radius 2 is 1.29 bits per heavy atom. The van der Waals surface area contributed by atoms with Crippen LogP contribution in [0, 0.1) is 0 Å². The van der Waals surface area contributed by atoms with Gasteiger partial charge in [0.15, 0.2) is 0 Å². The molecule has 0 unspecified atom stereocenters. The third-order valence-electron chi connectivity index (χ3n) is 0.402. The van der Waals surface area contributed by atoms with Crippen LogP contribution in [-0.4, -0.2) is 12.6 Å². The van der Waals surface area contributed by atoms with Gasteiger partial charge in [0.25, 0.3) is 0 Å². The molecule has 0 saturated carbocycles. The van der Waals surface area contributed by atoms with Crippen LogP contribution in [0.2, 0.25) is 0 Å². The van der Waals surface area contributed by atoms with Crippen molar-refractivity contribution in [3.8, 4) is 0 Å². The molecule has 2 heteroatoms. The fourth-order valence-corrected chi connectivity index (χ4v) is 0.136. The van der Waals surface area contributed by atoms with Gasteiger partial charge in [-0.2, -0.15) is 0 Å². The van der Waals surface area contributed by atoms with Crippen LogP contribution in [0.25, 0.3) is 0 Å². The van der Waals surface area contributed by atoms with Gasteiger partial charge in [0.2, 0.25) is 0 Å². The highest BCUT2D eigenvalue weighted by Crippen LogP contribution is 1.72. The molecule has 0 bridgehead atoms. The molecule has 0 aromatic rings. The molecule has 0 spiro atoms. The van der Waals surface area contributed by atoms with Crippen LogP contribution in [0.3, 0.4) is 0 Å². The fraction of sp³-hybridized carbons (Fsp3) is 0.600. The van der Waals surface area contributed by atoms with Crippen LogP contribution in [0.5, 0.6) is 0 Å².